The van der Waals surface area contributed by atoms with Crippen molar-refractivity contribution in [1.82, 2.24) is 5.32 Å². The zero-order chi connectivity index (χ0) is 21.4. The van der Waals surface area contributed by atoms with E-state index in [0.717, 1.165) is 5.56 Å². The maximum Gasteiger partial charge on any atom is 0.411 e. The molecular weight excluding hydrogens is 396 g/mol. The van der Waals surface area contributed by atoms with Crippen molar-refractivity contribution in [2.24, 2.45) is 5.92 Å². The Morgan fingerprint density at radius 1 is 1.10 bits per heavy atom. The Morgan fingerprint density at radius 3 is 2.41 bits per heavy atom. The molecule has 154 valence electrons. The third kappa shape index (κ3) is 7.46. The van der Waals surface area contributed by atoms with Crippen LogP contribution in [0, 0.1) is 5.92 Å². The highest BCUT2D eigenvalue weighted by molar-refractivity contribution is 6.31. The number of carboxylic acids is 1. The molecule has 0 aromatic heterocycles. The molecule has 2 aromatic carbocycles. The molecule has 2 aromatic rings. The highest BCUT2D eigenvalue weighted by Gasteiger charge is 2.21. The summed E-state index contributed by atoms with van der Waals surface area (Å²) < 4.78 is 5.15. The minimum atomic E-state index is -1.00. The van der Waals surface area contributed by atoms with E-state index in [1.807, 2.05) is 44.2 Å². The van der Waals surface area contributed by atoms with Gasteiger partial charge in [0.1, 0.15) is 6.61 Å². The Hall–Kier alpha value is -3.06. The number of carboxylic acid groups (broad SMARTS) is 1. The average Bonchev–Trinajstić information content (AvgIpc) is 2.65. The summed E-state index contributed by atoms with van der Waals surface area (Å²) in [6.45, 7) is 3.75. The molecule has 0 unspecified atom stereocenters. The topological polar surface area (TPSA) is 105 Å². The van der Waals surface area contributed by atoms with Gasteiger partial charge in [-0.15, -0.1) is 0 Å². The summed E-state index contributed by atoms with van der Waals surface area (Å²) in [7, 11) is 0. The van der Waals surface area contributed by atoms with Gasteiger partial charge in [0.15, 0.2) is 0 Å². The van der Waals surface area contributed by atoms with Crippen molar-refractivity contribution in [2.45, 2.75) is 32.9 Å². The fourth-order valence-electron chi connectivity index (χ4n) is 2.56. The van der Waals surface area contributed by atoms with E-state index in [9.17, 15) is 14.4 Å². The largest absolute Gasteiger partial charge is 0.481 e. The molecule has 0 saturated carbocycles. The number of halogens is 1. The molecule has 0 fully saturated rings. The monoisotopic (exact) mass is 418 g/mol. The SMILES string of the molecule is CC(C)[C@H](CC(=O)O)NC(=O)c1cc(Cl)cc(NC(=O)OCc2ccccc2)c1. The number of ether oxygens (including phenoxy) is 1. The summed E-state index contributed by atoms with van der Waals surface area (Å²) in [6.07, 6.45) is -0.880. The standard InChI is InChI=1S/C21H23ClN2O5/c1-13(2)18(11-19(25)26)24-20(27)15-8-16(22)10-17(9-15)23-21(28)29-12-14-6-4-3-5-7-14/h3-10,13,18H,11-12H2,1-2H3,(H,23,28)(H,24,27)(H,25,26)/t18-/m0/s1. The van der Waals surface area contributed by atoms with Crippen LogP contribution < -0.4 is 10.6 Å². The van der Waals surface area contributed by atoms with Crippen LogP contribution in [0.2, 0.25) is 5.02 Å². The Labute approximate surface area is 174 Å². The second kappa shape index (κ2) is 10.5. The molecule has 0 bridgehead atoms. The van der Waals surface area contributed by atoms with Crippen LogP contribution in [0.15, 0.2) is 48.5 Å². The van der Waals surface area contributed by atoms with Crippen LogP contribution in [0.1, 0.15) is 36.2 Å². The Kier molecular flexibility index (Phi) is 8.03. The van der Waals surface area contributed by atoms with E-state index < -0.39 is 24.0 Å². The summed E-state index contributed by atoms with van der Waals surface area (Å²) >= 11 is 6.07. The van der Waals surface area contributed by atoms with Crippen molar-refractivity contribution in [3.63, 3.8) is 0 Å². The van der Waals surface area contributed by atoms with Crippen molar-refractivity contribution in [3.05, 3.63) is 64.7 Å². The molecule has 29 heavy (non-hydrogen) atoms. The fraction of sp³-hybridized carbons (Fsp3) is 0.286. The minimum absolute atomic E-state index is 0.0696. The van der Waals surface area contributed by atoms with E-state index in [-0.39, 0.29) is 29.5 Å². The predicted molar refractivity (Wildman–Crippen MR) is 110 cm³/mol. The van der Waals surface area contributed by atoms with E-state index >= 15 is 0 Å². The Bertz CT molecular complexity index is 871. The molecule has 3 N–H and O–H groups in total. The molecule has 2 rings (SSSR count). The lowest BCUT2D eigenvalue weighted by Gasteiger charge is -2.21. The van der Waals surface area contributed by atoms with Crippen LogP contribution in [-0.4, -0.2) is 29.1 Å². The highest BCUT2D eigenvalue weighted by Crippen LogP contribution is 2.20. The van der Waals surface area contributed by atoms with Gasteiger partial charge in [-0.25, -0.2) is 4.79 Å². The number of hydrogen-bond donors (Lipinski definition) is 3. The first-order chi connectivity index (χ1) is 13.7. The number of nitrogens with one attached hydrogen (secondary N) is 2. The predicted octanol–water partition coefficient (Wildman–Crippen LogP) is 4.32. The molecule has 0 aliphatic carbocycles. The average molecular weight is 419 g/mol. The molecule has 0 spiro atoms. The zero-order valence-electron chi connectivity index (χ0n) is 16.1. The number of rotatable bonds is 8. The first-order valence-corrected chi connectivity index (χ1v) is 9.43. The number of hydrogen-bond acceptors (Lipinski definition) is 4. The molecule has 0 heterocycles. The summed E-state index contributed by atoms with van der Waals surface area (Å²) in [5, 5.41) is 14.5. The van der Waals surface area contributed by atoms with Crippen LogP contribution in [0.25, 0.3) is 0 Å². The first kappa shape index (κ1) is 22.2. The molecule has 1 atom stereocenters. The summed E-state index contributed by atoms with van der Waals surface area (Å²) in [5.41, 5.74) is 1.33. The van der Waals surface area contributed by atoms with Gasteiger partial charge < -0.3 is 15.2 Å². The Morgan fingerprint density at radius 2 is 1.79 bits per heavy atom. The van der Waals surface area contributed by atoms with Crippen molar-refractivity contribution >= 4 is 35.3 Å². The highest BCUT2D eigenvalue weighted by atomic mass is 35.5. The smallest absolute Gasteiger partial charge is 0.411 e. The molecule has 7 nitrogen and oxygen atoms in total. The summed E-state index contributed by atoms with van der Waals surface area (Å²) in [6, 6.07) is 13.0. The van der Waals surface area contributed by atoms with Crippen LogP contribution in [-0.2, 0) is 16.1 Å². The molecule has 0 aliphatic rings. The van der Waals surface area contributed by atoms with Crippen molar-refractivity contribution < 1.29 is 24.2 Å². The first-order valence-electron chi connectivity index (χ1n) is 9.05. The number of benzene rings is 2. The Balaban J connectivity index is 2.03. The van der Waals surface area contributed by atoms with E-state index in [1.165, 1.54) is 18.2 Å². The molecule has 0 radical (unpaired) electrons. The maximum atomic E-state index is 12.5. The van der Waals surface area contributed by atoms with Crippen LogP contribution >= 0.6 is 11.6 Å². The second-order valence-electron chi connectivity index (χ2n) is 6.84. The van der Waals surface area contributed by atoms with Crippen LogP contribution in [0.3, 0.4) is 0 Å². The van der Waals surface area contributed by atoms with Crippen molar-refractivity contribution in [3.8, 4) is 0 Å². The van der Waals surface area contributed by atoms with Gasteiger partial charge in [0.05, 0.1) is 6.42 Å². The maximum absolute atomic E-state index is 12.5. The fourth-order valence-corrected chi connectivity index (χ4v) is 2.80. The number of aliphatic carboxylic acids is 1. The molecular formula is C21H23ClN2O5. The second-order valence-corrected chi connectivity index (χ2v) is 7.27. The molecule has 0 aliphatic heterocycles. The lowest BCUT2D eigenvalue weighted by Crippen LogP contribution is -2.40. The molecule has 2 amide bonds. The van der Waals surface area contributed by atoms with Gasteiger partial charge >= 0.3 is 12.1 Å². The van der Waals surface area contributed by atoms with E-state index in [1.54, 1.807) is 0 Å². The zero-order valence-corrected chi connectivity index (χ0v) is 16.9. The van der Waals surface area contributed by atoms with Gasteiger partial charge in [-0.1, -0.05) is 55.8 Å². The lowest BCUT2D eigenvalue weighted by molar-refractivity contribution is -0.137. The van der Waals surface area contributed by atoms with Gasteiger partial charge in [0, 0.05) is 22.3 Å². The van der Waals surface area contributed by atoms with Crippen molar-refractivity contribution in [1.29, 1.82) is 0 Å². The minimum Gasteiger partial charge on any atom is -0.481 e. The van der Waals surface area contributed by atoms with Crippen LogP contribution in [0.5, 0.6) is 0 Å². The third-order valence-corrected chi connectivity index (χ3v) is 4.35. The van der Waals surface area contributed by atoms with E-state index in [0.29, 0.717) is 5.69 Å². The van der Waals surface area contributed by atoms with Crippen LogP contribution in [0.4, 0.5) is 10.5 Å². The van der Waals surface area contributed by atoms with Crippen molar-refractivity contribution in [2.75, 3.05) is 5.32 Å². The normalized spacial score (nSPS) is 11.6. The summed E-state index contributed by atoms with van der Waals surface area (Å²) in [4.78, 5) is 35.6. The van der Waals surface area contributed by atoms with E-state index in [2.05, 4.69) is 10.6 Å². The van der Waals surface area contributed by atoms with Gasteiger partial charge in [0.25, 0.3) is 5.91 Å². The third-order valence-electron chi connectivity index (χ3n) is 4.13. The quantitative estimate of drug-likeness (QED) is 0.592. The van der Waals surface area contributed by atoms with Gasteiger partial charge in [-0.05, 0) is 29.7 Å². The number of anilines is 1. The van der Waals surface area contributed by atoms with E-state index in [4.69, 9.17) is 21.4 Å². The number of carbonyl (C=O) groups excluding carboxylic acids is 2. The van der Waals surface area contributed by atoms with Gasteiger partial charge in [-0.3, -0.25) is 14.9 Å². The number of amides is 2. The molecule has 8 heteroatoms. The summed E-state index contributed by atoms with van der Waals surface area (Å²) in [5.74, 6) is -1.55. The molecule has 0 saturated heterocycles. The number of carbonyl (C=O) groups is 3. The van der Waals surface area contributed by atoms with Gasteiger partial charge in [0.2, 0.25) is 0 Å². The van der Waals surface area contributed by atoms with Gasteiger partial charge in [-0.2, -0.15) is 0 Å². The lowest BCUT2D eigenvalue weighted by atomic mass is 10.0.